The number of aliphatic hydroxyl groups is 2. The quantitative estimate of drug-likeness (QED) is 0.103. The summed E-state index contributed by atoms with van der Waals surface area (Å²) in [7, 11) is -4.30. The van der Waals surface area contributed by atoms with E-state index in [1.807, 2.05) is 0 Å². The maximum absolute atomic E-state index is 11.8. The maximum Gasteiger partial charge on any atom is 0.472 e. The van der Waals surface area contributed by atoms with E-state index in [0.717, 1.165) is 38.5 Å². The summed E-state index contributed by atoms with van der Waals surface area (Å²) in [5, 5.41) is 20.3. The van der Waals surface area contributed by atoms with E-state index in [1.165, 1.54) is 32.1 Å². The van der Waals surface area contributed by atoms with Gasteiger partial charge < -0.3 is 20.4 Å². The summed E-state index contributed by atoms with van der Waals surface area (Å²) in [6.45, 7) is 1.04. The second kappa shape index (κ2) is 21.8. The Labute approximate surface area is 193 Å². The normalized spacial score (nSPS) is 14.8. The number of carbonyl (C=O) groups is 1. The van der Waals surface area contributed by atoms with Crippen LogP contribution < -0.4 is 5.32 Å². The summed E-state index contributed by atoms with van der Waals surface area (Å²) in [6.07, 6.45) is 20.6. The second-order valence-corrected chi connectivity index (χ2v) is 9.22. The topological polar surface area (TPSA) is 125 Å². The highest BCUT2D eigenvalue weighted by atomic mass is 31.2. The first-order valence-corrected chi connectivity index (χ1v) is 13.4. The van der Waals surface area contributed by atoms with E-state index >= 15 is 0 Å². The number of phosphoric ester groups is 1. The maximum atomic E-state index is 11.8. The Kier molecular flexibility index (Phi) is 21.1. The molecule has 0 saturated heterocycles. The monoisotopic (exact) mass is 477 g/mol. The smallest absolute Gasteiger partial charge is 0.394 e. The summed E-state index contributed by atoms with van der Waals surface area (Å²) >= 11 is 0. The van der Waals surface area contributed by atoms with Crippen LogP contribution in [0.25, 0.3) is 0 Å². The van der Waals surface area contributed by atoms with Crippen LogP contribution in [0.2, 0.25) is 0 Å². The molecule has 0 bridgehead atoms. The minimum absolute atomic E-state index is 0.0928. The van der Waals surface area contributed by atoms with Crippen LogP contribution in [-0.4, -0.2) is 53.5 Å². The molecule has 0 aromatic carbocycles. The summed E-state index contributed by atoms with van der Waals surface area (Å²) in [4.78, 5) is 21.1. The third-order valence-corrected chi connectivity index (χ3v) is 5.66. The van der Waals surface area contributed by atoms with Crippen molar-refractivity contribution in [3.63, 3.8) is 0 Å². The number of nitrogens with one attached hydrogen (secondary N) is 1. The van der Waals surface area contributed by atoms with Gasteiger partial charge in [-0.05, 0) is 38.5 Å². The fraction of sp³-hybridized carbons (Fsp3) is 0.783. The predicted molar refractivity (Wildman–Crippen MR) is 127 cm³/mol. The lowest BCUT2D eigenvalue weighted by Gasteiger charge is -2.14. The van der Waals surface area contributed by atoms with Gasteiger partial charge in [0.25, 0.3) is 0 Å². The van der Waals surface area contributed by atoms with Crippen LogP contribution in [0.15, 0.2) is 24.3 Å². The van der Waals surface area contributed by atoms with E-state index in [2.05, 4.69) is 45.6 Å². The van der Waals surface area contributed by atoms with Gasteiger partial charge in [-0.1, -0.05) is 63.3 Å². The third-order valence-electron chi connectivity index (χ3n) is 4.67. The number of rotatable bonds is 22. The van der Waals surface area contributed by atoms with E-state index in [9.17, 15) is 14.3 Å². The summed E-state index contributed by atoms with van der Waals surface area (Å²) in [5.74, 6) is -0.122. The van der Waals surface area contributed by atoms with E-state index < -0.39 is 27.1 Å². The van der Waals surface area contributed by atoms with Gasteiger partial charge in [0.2, 0.25) is 5.91 Å². The fourth-order valence-corrected chi connectivity index (χ4v) is 3.56. The number of aliphatic hydroxyl groups excluding tert-OH is 2. The van der Waals surface area contributed by atoms with Crippen molar-refractivity contribution in [2.24, 2.45) is 0 Å². The van der Waals surface area contributed by atoms with Gasteiger partial charge in [0.1, 0.15) is 6.10 Å². The minimum Gasteiger partial charge on any atom is -0.394 e. The van der Waals surface area contributed by atoms with Crippen LogP contribution in [0, 0.1) is 0 Å². The zero-order valence-corrected chi connectivity index (χ0v) is 20.5. The Morgan fingerprint density at radius 1 is 0.969 bits per heavy atom. The van der Waals surface area contributed by atoms with Crippen LogP contribution in [-0.2, 0) is 18.4 Å². The minimum atomic E-state index is -4.30. The molecule has 0 aliphatic rings. The number of hydrogen-bond acceptors (Lipinski definition) is 6. The molecule has 0 aromatic rings. The Morgan fingerprint density at radius 3 is 2.25 bits per heavy atom. The average molecular weight is 478 g/mol. The van der Waals surface area contributed by atoms with Crippen molar-refractivity contribution in [2.75, 3.05) is 26.4 Å². The largest absolute Gasteiger partial charge is 0.472 e. The molecule has 4 N–H and O–H groups in total. The molecule has 9 heteroatoms. The average Bonchev–Trinajstić information content (AvgIpc) is 2.77. The molecule has 0 aromatic heterocycles. The molecule has 0 aliphatic heterocycles. The van der Waals surface area contributed by atoms with Crippen molar-refractivity contribution >= 4 is 13.7 Å². The highest BCUT2D eigenvalue weighted by Gasteiger charge is 2.22. The van der Waals surface area contributed by atoms with E-state index in [-0.39, 0.29) is 19.1 Å². The van der Waals surface area contributed by atoms with Crippen molar-refractivity contribution in [2.45, 2.75) is 90.1 Å². The van der Waals surface area contributed by atoms with Gasteiger partial charge in [0.05, 0.1) is 19.8 Å². The molecule has 8 nitrogen and oxygen atoms in total. The number of amides is 1. The zero-order chi connectivity index (χ0) is 23.9. The lowest BCUT2D eigenvalue weighted by Crippen LogP contribution is -2.27. The van der Waals surface area contributed by atoms with Crippen LogP contribution in [0.5, 0.6) is 0 Å². The van der Waals surface area contributed by atoms with Crippen LogP contribution in [0.1, 0.15) is 84.0 Å². The highest BCUT2D eigenvalue weighted by molar-refractivity contribution is 7.47. The van der Waals surface area contributed by atoms with Gasteiger partial charge in [0.15, 0.2) is 0 Å². The van der Waals surface area contributed by atoms with Crippen molar-refractivity contribution < 1.29 is 33.5 Å². The third kappa shape index (κ3) is 22.2. The van der Waals surface area contributed by atoms with Crippen molar-refractivity contribution in [1.29, 1.82) is 0 Å². The number of carbonyl (C=O) groups excluding carboxylic acids is 1. The molecule has 32 heavy (non-hydrogen) atoms. The lowest BCUT2D eigenvalue weighted by atomic mass is 10.1. The summed E-state index contributed by atoms with van der Waals surface area (Å²) in [6, 6.07) is 0. The molecule has 2 unspecified atom stereocenters. The number of hydrogen-bond donors (Lipinski definition) is 4. The Morgan fingerprint density at radius 2 is 1.59 bits per heavy atom. The molecular weight excluding hydrogens is 433 g/mol. The number of unbranched alkanes of at least 4 members (excludes halogenated alkanes) is 8. The number of phosphoric acid groups is 1. The van der Waals surface area contributed by atoms with Crippen LogP contribution in [0.3, 0.4) is 0 Å². The molecular formula is C23H44NO7P. The van der Waals surface area contributed by atoms with Gasteiger partial charge in [-0.3, -0.25) is 13.8 Å². The van der Waals surface area contributed by atoms with E-state index in [1.54, 1.807) is 0 Å². The molecule has 0 spiro atoms. The summed E-state index contributed by atoms with van der Waals surface area (Å²) < 4.78 is 20.7. The number of allylic oxidation sites excluding steroid dienone is 4. The lowest BCUT2D eigenvalue weighted by molar-refractivity contribution is -0.121. The van der Waals surface area contributed by atoms with Gasteiger partial charge in [-0.2, -0.15) is 0 Å². The standard InChI is InChI=1S/C23H44NO7P/c1-2-3-4-5-6-7-8-9-10-11-12-13-14-15-16-17-23(27)24-18-19-30-32(28,29)31-21-22(26)20-25/h6-7,9-10,22,25-26H,2-5,8,11-21H2,1H3,(H,24,27)(H,28,29)/b7-6+,10-9+. The fourth-order valence-electron chi connectivity index (χ4n) is 2.81. The molecule has 188 valence electrons. The molecule has 0 fully saturated rings. The van der Waals surface area contributed by atoms with Crippen LogP contribution in [0.4, 0.5) is 0 Å². The first-order chi connectivity index (χ1) is 15.4. The Balaban J connectivity index is 3.49. The first kappa shape index (κ1) is 31.0. The van der Waals surface area contributed by atoms with Crippen molar-refractivity contribution in [3.05, 3.63) is 24.3 Å². The second-order valence-electron chi connectivity index (χ2n) is 7.76. The molecule has 0 heterocycles. The van der Waals surface area contributed by atoms with Gasteiger partial charge in [0, 0.05) is 13.0 Å². The molecule has 0 aliphatic carbocycles. The zero-order valence-electron chi connectivity index (χ0n) is 19.6. The highest BCUT2D eigenvalue weighted by Crippen LogP contribution is 2.42. The predicted octanol–water partition coefficient (Wildman–Crippen LogP) is 4.40. The van der Waals surface area contributed by atoms with Crippen molar-refractivity contribution in [3.8, 4) is 0 Å². The SMILES string of the molecule is CCCCC/C=C/C/C=C/CCCCCCCC(=O)NCCOP(=O)(O)OCC(O)CO. The Hall–Kier alpha value is -1.02. The molecule has 2 atom stereocenters. The van der Waals surface area contributed by atoms with Gasteiger partial charge in [-0.25, -0.2) is 4.57 Å². The molecule has 0 saturated carbocycles. The van der Waals surface area contributed by atoms with E-state index in [4.69, 9.17) is 10.2 Å². The van der Waals surface area contributed by atoms with E-state index in [0.29, 0.717) is 6.42 Å². The molecule has 1 amide bonds. The van der Waals surface area contributed by atoms with Crippen LogP contribution >= 0.6 is 7.82 Å². The molecule has 0 rings (SSSR count). The van der Waals surface area contributed by atoms with Gasteiger partial charge >= 0.3 is 7.82 Å². The Bertz CT molecular complexity index is 554. The van der Waals surface area contributed by atoms with Gasteiger partial charge in [-0.15, -0.1) is 0 Å². The van der Waals surface area contributed by atoms with Crippen molar-refractivity contribution in [1.82, 2.24) is 5.32 Å². The first-order valence-electron chi connectivity index (χ1n) is 11.9. The molecule has 0 radical (unpaired) electrons. The summed E-state index contributed by atoms with van der Waals surface area (Å²) in [5.41, 5.74) is 0.